The van der Waals surface area contributed by atoms with Crippen LogP contribution in [0.5, 0.6) is 5.75 Å². The highest BCUT2D eigenvalue weighted by Gasteiger charge is 2.29. The molecule has 0 atom stereocenters. The number of carbonyl (C=O) groups excluding carboxylic acids is 1. The molecule has 0 aliphatic heterocycles. The fourth-order valence-corrected chi connectivity index (χ4v) is 4.61. The molecule has 0 saturated heterocycles. The minimum Gasteiger partial charge on any atom is -0.492 e. The molecule has 3 rings (SSSR count). The average Bonchev–Trinajstić information content (AvgIpc) is 3.26. The van der Waals surface area contributed by atoms with E-state index in [0.29, 0.717) is 18.0 Å². The van der Waals surface area contributed by atoms with Gasteiger partial charge in [-0.2, -0.15) is 5.10 Å². The van der Waals surface area contributed by atoms with Crippen molar-refractivity contribution in [2.45, 2.75) is 37.5 Å². The molecule has 7 nitrogen and oxygen atoms in total. The summed E-state index contributed by atoms with van der Waals surface area (Å²) in [7, 11) is -3.98. The summed E-state index contributed by atoms with van der Waals surface area (Å²) in [6, 6.07) is 14.8. The molecule has 0 radical (unpaired) electrons. The van der Waals surface area contributed by atoms with Crippen molar-refractivity contribution in [3.8, 4) is 5.75 Å². The number of carbonyl (C=O) groups is 1. The van der Waals surface area contributed by atoms with Gasteiger partial charge in [0, 0.05) is 5.71 Å². The van der Waals surface area contributed by atoms with Crippen LogP contribution in [0, 0.1) is 0 Å². The molecule has 154 valence electrons. The first kappa shape index (κ1) is 20.9. The van der Waals surface area contributed by atoms with E-state index in [1.165, 1.54) is 12.1 Å². The van der Waals surface area contributed by atoms with Crippen LogP contribution in [0.25, 0.3) is 0 Å². The monoisotopic (exact) mass is 415 g/mol. The van der Waals surface area contributed by atoms with Crippen LogP contribution in [0.1, 0.15) is 32.6 Å². The van der Waals surface area contributed by atoms with Gasteiger partial charge in [0.15, 0.2) is 0 Å². The maximum Gasteiger partial charge on any atom is 0.264 e. The van der Waals surface area contributed by atoms with Crippen molar-refractivity contribution in [1.82, 2.24) is 5.43 Å². The van der Waals surface area contributed by atoms with Gasteiger partial charge in [-0.05, 0) is 56.9 Å². The summed E-state index contributed by atoms with van der Waals surface area (Å²) in [4.78, 5) is 12.7. The predicted octanol–water partition coefficient (Wildman–Crippen LogP) is 3.33. The predicted molar refractivity (Wildman–Crippen MR) is 113 cm³/mol. The second-order valence-corrected chi connectivity index (χ2v) is 8.51. The Morgan fingerprint density at radius 2 is 1.72 bits per heavy atom. The lowest BCUT2D eigenvalue weighted by Crippen LogP contribution is -2.40. The summed E-state index contributed by atoms with van der Waals surface area (Å²) in [5, 5.41) is 4.15. The third-order valence-electron chi connectivity index (χ3n) is 4.57. The molecule has 1 fully saturated rings. The molecule has 0 heterocycles. The van der Waals surface area contributed by atoms with Crippen LogP contribution in [0.15, 0.2) is 64.6 Å². The summed E-state index contributed by atoms with van der Waals surface area (Å²) in [6.45, 7) is 1.78. The molecule has 1 N–H and O–H groups in total. The number of nitrogens with zero attached hydrogens (tertiary/aromatic N) is 2. The number of ether oxygens (including phenoxy) is 1. The lowest BCUT2D eigenvalue weighted by atomic mass is 10.3. The zero-order chi connectivity index (χ0) is 20.7. The molecular weight excluding hydrogens is 390 g/mol. The van der Waals surface area contributed by atoms with Gasteiger partial charge < -0.3 is 4.74 Å². The maximum absolute atomic E-state index is 13.3. The summed E-state index contributed by atoms with van der Waals surface area (Å²) < 4.78 is 33.4. The van der Waals surface area contributed by atoms with Crippen LogP contribution in [0.3, 0.4) is 0 Å². The van der Waals surface area contributed by atoms with Crippen molar-refractivity contribution >= 4 is 27.3 Å². The molecule has 0 aromatic heterocycles. The van der Waals surface area contributed by atoms with E-state index in [4.69, 9.17) is 4.74 Å². The number of hydrazone groups is 1. The fourth-order valence-electron chi connectivity index (χ4n) is 3.16. The van der Waals surface area contributed by atoms with E-state index < -0.39 is 22.5 Å². The van der Waals surface area contributed by atoms with Gasteiger partial charge in [-0.15, -0.1) is 0 Å². The molecule has 1 saturated carbocycles. The number of rotatable bonds is 8. The fraction of sp³-hybridized carbons (Fsp3) is 0.333. The Morgan fingerprint density at radius 1 is 1.07 bits per heavy atom. The maximum atomic E-state index is 13.3. The first-order chi connectivity index (χ1) is 14.0. The molecule has 2 aromatic carbocycles. The summed E-state index contributed by atoms with van der Waals surface area (Å²) in [5.74, 6) is -0.111. The number of para-hydroxylation sites is 2. The molecule has 0 unspecified atom stereocenters. The molecule has 1 aliphatic carbocycles. The van der Waals surface area contributed by atoms with Crippen molar-refractivity contribution in [1.29, 1.82) is 0 Å². The van der Waals surface area contributed by atoms with Gasteiger partial charge in [0.05, 0.1) is 17.2 Å². The second kappa shape index (κ2) is 9.56. The van der Waals surface area contributed by atoms with Gasteiger partial charge >= 0.3 is 0 Å². The first-order valence-corrected chi connectivity index (χ1v) is 11.1. The van der Waals surface area contributed by atoms with Crippen molar-refractivity contribution in [3.05, 3.63) is 54.6 Å². The summed E-state index contributed by atoms with van der Waals surface area (Å²) in [6.07, 6.45) is 3.84. The highest BCUT2D eigenvalue weighted by molar-refractivity contribution is 7.92. The van der Waals surface area contributed by atoms with E-state index in [2.05, 4.69) is 10.5 Å². The van der Waals surface area contributed by atoms with Gasteiger partial charge in [-0.25, -0.2) is 13.8 Å². The van der Waals surface area contributed by atoms with Crippen molar-refractivity contribution in [2.75, 3.05) is 17.5 Å². The van der Waals surface area contributed by atoms with E-state index in [1.54, 1.807) is 42.5 Å². The third kappa shape index (κ3) is 5.14. The molecule has 29 heavy (non-hydrogen) atoms. The van der Waals surface area contributed by atoms with Crippen LogP contribution in [0.4, 0.5) is 5.69 Å². The van der Waals surface area contributed by atoms with Crippen LogP contribution < -0.4 is 14.5 Å². The van der Waals surface area contributed by atoms with Gasteiger partial charge in [-0.1, -0.05) is 30.3 Å². The largest absolute Gasteiger partial charge is 0.492 e. The highest BCUT2D eigenvalue weighted by Crippen LogP contribution is 2.32. The molecule has 0 spiro atoms. The minimum absolute atomic E-state index is 0.0983. The topological polar surface area (TPSA) is 88.1 Å². The number of amides is 1. The number of anilines is 1. The van der Waals surface area contributed by atoms with Crippen molar-refractivity contribution < 1.29 is 17.9 Å². The van der Waals surface area contributed by atoms with E-state index in [9.17, 15) is 13.2 Å². The van der Waals surface area contributed by atoms with Gasteiger partial charge in [0.25, 0.3) is 15.9 Å². The Morgan fingerprint density at radius 3 is 2.41 bits per heavy atom. The van der Waals surface area contributed by atoms with E-state index in [-0.39, 0.29) is 4.90 Å². The standard InChI is InChI=1S/C21H25N3O4S/c1-2-28-20-15-9-8-14-19(20)24(29(26,27)18-12-4-3-5-13-18)16-21(25)23-22-17-10-6-7-11-17/h3-5,8-9,12-15H,2,6-7,10-11,16H2,1H3,(H,23,25). The Kier molecular flexibility index (Phi) is 6.87. The third-order valence-corrected chi connectivity index (χ3v) is 6.35. The highest BCUT2D eigenvalue weighted by atomic mass is 32.2. The van der Waals surface area contributed by atoms with Gasteiger partial charge in [-0.3, -0.25) is 9.10 Å². The number of nitrogens with one attached hydrogen (secondary N) is 1. The number of sulfonamides is 1. The normalized spacial score (nSPS) is 13.8. The van der Waals surface area contributed by atoms with E-state index in [0.717, 1.165) is 35.7 Å². The average molecular weight is 416 g/mol. The van der Waals surface area contributed by atoms with Crippen molar-refractivity contribution in [2.24, 2.45) is 5.10 Å². The van der Waals surface area contributed by atoms with E-state index in [1.807, 2.05) is 6.92 Å². The zero-order valence-corrected chi connectivity index (χ0v) is 17.2. The quantitative estimate of drug-likeness (QED) is 0.670. The Hall–Kier alpha value is -2.87. The molecular formula is C21H25N3O4S. The summed E-state index contributed by atoms with van der Waals surface area (Å²) in [5.41, 5.74) is 3.74. The number of hydrogen-bond donors (Lipinski definition) is 1. The number of hydrogen-bond acceptors (Lipinski definition) is 5. The lowest BCUT2D eigenvalue weighted by Gasteiger charge is -2.25. The Balaban J connectivity index is 1.94. The molecule has 2 aromatic rings. The first-order valence-electron chi connectivity index (χ1n) is 9.66. The molecule has 1 amide bonds. The van der Waals surface area contributed by atoms with Gasteiger partial charge in [0.1, 0.15) is 12.3 Å². The van der Waals surface area contributed by atoms with Crippen LogP contribution in [0.2, 0.25) is 0 Å². The lowest BCUT2D eigenvalue weighted by molar-refractivity contribution is -0.119. The second-order valence-electron chi connectivity index (χ2n) is 6.65. The SMILES string of the molecule is CCOc1ccccc1N(CC(=O)NN=C1CCCC1)S(=O)(=O)c1ccccc1. The Labute approximate surface area is 171 Å². The molecule has 0 bridgehead atoms. The zero-order valence-electron chi connectivity index (χ0n) is 16.4. The smallest absolute Gasteiger partial charge is 0.264 e. The Bertz CT molecular complexity index is 966. The van der Waals surface area contributed by atoms with E-state index >= 15 is 0 Å². The van der Waals surface area contributed by atoms with Crippen molar-refractivity contribution in [3.63, 3.8) is 0 Å². The molecule has 8 heteroatoms. The molecule has 1 aliphatic rings. The summed E-state index contributed by atoms with van der Waals surface area (Å²) >= 11 is 0. The van der Waals surface area contributed by atoms with Crippen LogP contribution >= 0.6 is 0 Å². The van der Waals surface area contributed by atoms with Gasteiger partial charge in [0.2, 0.25) is 0 Å². The van der Waals surface area contributed by atoms with Crippen LogP contribution in [-0.2, 0) is 14.8 Å². The van der Waals surface area contributed by atoms with Crippen LogP contribution in [-0.4, -0.2) is 33.2 Å². The minimum atomic E-state index is -3.98. The number of benzene rings is 2.